The van der Waals surface area contributed by atoms with Crippen LogP contribution in [0.4, 0.5) is 0 Å². The summed E-state index contributed by atoms with van der Waals surface area (Å²) in [7, 11) is 3.45. The summed E-state index contributed by atoms with van der Waals surface area (Å²) in [6.45, 7) is 4.81. The van der Waals surface area contributed by atoms with Crippen molar-refractivity contribution in [2.24, 2.45) is 7.05 Å². The molecule has 1 aromatic heterocycles. The van der Waals surface area contributed by atoms with Crippen LogP contribution in [0.1, 0.15) is 23.1 Å². The SMILES string of the molecule is CCc1cc(C(=O)NCCNCCOC)n(C)n1. The van der Waals surface area contributed by atoms with Crippen molar-refractivity contribution >= 4 is 5.91 Å². The molecule has 6 nitrogen and oxygen atoms in total. The second kappa shape index (κ2) is 7.84. The Morgan fingerprint density at radius 2 is 2.22 bits per heavy atom. The lowest BCUT2D eigenvalue weighted by Crippen LogP contribution is -2.33. The maximum Gasteiger partial charge on any atom is 0.269 e. The fourth-order valence-electron chi connectivity index (χ4n) is 1.57. The van der Waals surface area contributed by atoms with E-state index in [1.807, 2.05) is 13.0 Å². The summed E-state index contributed by atoms with van der Waals surface area (Å²) in [6.07, 6.45) is 0.833. The molecule has 18 heavy (non-hydrogen) atoms. The molecule has 0 spiro atoms. The maximum absolute atomic E-state index is 11.9. The Balaban J connectivity index is 2.29. The minimum Gasteiger partial charge on any atom is -0.383 e. The fraction of sp³-hybridized carbons (Fsp3) is 0.667. The van der Waals surface area contributed by atoms with Crippen molar-refractivity contribution in [1.29, 1.82) is 0 Å². The highest BCUT2D eigenvalue weighted by Gasteiger charge is 2.11. The topological polar surface area (TPSA) is 68.2 Å². The number of ether oxygens (including phenoxy) is 1. The number of hydrogen-bond donors (Lipinski definition) is 2. The molecule has 0 atom stereocenters. The molecule has 1 aromatic rings. The van der Waals surface area contributed by atoms with Crippen LogP contribution in [0, 0.1) is 0 Å². The normalized spacial score (nSPS) is 10.6. The number of hydrogen-bond acceptors (Lipinski definition) is 4. The van der Waals surface area contributed by atoms with Crippen LogP contribution in [0.2, 0.25) is 0 Å². The Bertz CT molecular complexity index is 376. The van der Waals surface area contributed by atoms with E-state index < -0.39 is 0 Å². The molecule has 0 saturated carbocycles. The van der Waals surface area contributed by atoms with Crippen LogP contribution in [-0.4, -0.2) is 49.0 Å². The van der Waals surface area contributed by atoms with Crippen LogP contribution in [0.25, 0.3) is 0 Å². The first kappa shape index (κ1) is 14.7. The van der Waals surface area contributed by atoms with Gasteiger partial charge in [0.25, 0.3) is 5.91 Å². The molecule has 0 saturated heterocycles. The molecule has 1 amide bonds. The molecule has 0 aromatic carbocycles. The summed E-state index contributed by atoms with van der Waals surface area (Å²) >= 11 is 0. The van der Waals surface area contributed by atoms with Crippen molar-refractivity contribution in [3.63, 3.8) is 0 Å². The number of nitrogens with zero attached hydrogens (tertiary/aromatic N) is 2. The van der Waals surface area contributed by atoms with Gasteiger partial charge in [-0.15, -0.1) is 0 Å². The van der Waals surface area contributed by atoms with E-state index in [9.17, 15) is 4.79 Å². The Morgan fingerprint density at radius 1 is 1.44 bits per heavy atom. The number of amides is 1. The molecule has 1 heterocycles. The van der Waals surface area contributed by atoms with Gasteiger partial charge in [-0.05, 0) is 12.5 Å². The largest absolute Gasteiger partial charge is 0.383 e. The first-order valence-electron chi connectivity index (χ1n) is 6.19. The van der Waals surface area contributed by atoms with E-state index in [-0.39, 0.29) is 5.91 Å². The first-order valence-corrected chi connectivity index (χ1v) is 6.19. The summed E-state index contributed by atoms with van der Waals surface area (Å²) in [6, 6.07) is 1.83. The molecule has 2 N–H and O–H groups in total. The van der Waals surface area contributed by atoms with Crippen molar-refractivity contribution < 1.29 is 9.53 Å². The highest BCUT2D eigenvalue weighted by molar-refractivity contribution is 5.92. The van der Waals surface area contributed by atoms with Gasteiger partial charge in [0.05, 0.1) is 12.3 Å². The lowest BCUT2D eigenvalue weighted by atomic mass is 10.3. The van der Waals surface area contributed by atoms with Crippen molar-refractivity contribution in [1.82, 2.24) is 20.4 Å². The van der Waals surface area contributed by atoms with Crippen LogP contribution in [0.15, 0.2) is 6.07 Å². The van der Waals surface area contributed by atoms with E-state index in [4.69, 9.17) is 4.74 Å². The first-order chi connectivity index (χ1) is 8.69. The number of methoxy groups -OCH3 is 1. The Kier molecular flexibility index (Phi) is 6.38. The Hall–Kier alpha value is -1.40. The number of aromatic nitrogens is 2. The molecule has 0 aliphatic carbocycles. The zero-order chi connectivity index (χ0) is 13.4. The van der Waals surface area contributed by atoms with Crippen LogP contribution in [0.5, 0.6) is 0 Å². The van der Waals surface area contributed by atoms with Gasteiger partial charge in [-0.1, -0.05) is 6.92 Å². The molecular formula is C12H22N4O2. The van der Waals surface area contributed by atoms with Crippen LogP contribution in [0.3, 0.4) is 0 Å². The lowest BCUT2D eigenvalue weighted by Gasteiger charge is -2.06. The molecule has 0 fully saturated rings. The monoisotopic (exact) mass is 254 g/mol. The summed E-state index contributed by atoms with van der Waals surface area (Å²) < 4.78 is 6.53. The minimum absolute atomic E-state index is 0.0850. The highest BCUT2D eigenvalue weighted by Crippen LogP contribution is 2.03. The smallest absolute Gasteiger partial charge is 0.269 e. The second-order valence-electron chi connectivity index (χ2n) is 4.00. The molecule has 102 valence electrons. The predicted molar refractivity (Wildman–Crippen MR) is 69.7 cm³/mol. The average Bonchev–Trinajstić information content (AvgIpc) is 2.75. The van der Waals surface area contributed by atoms with Gasteiger partial charge in [-0.3, -0.25) is 9.48 Å². The van der Waals surface area contributed by atoms with Crippen LogP contribution in [-0.2, 0) is 18.2 Å². The van der Waals surface area contributed by atoms with Gasteiger partial charge in [0.2, 0.25) is 0 Å². The van der Waals surface area contributed by atoms with Gasteiger partial charge in [0, 0.05) is 33.8 Å². The number of carbonyl (C=O) groups is 1. The van der Waals surface area contributed by atoms with Gasteiger partial charge < -0.3 is 15.4 Å². The second-order valence-corrected chi connectivity index (χ2v) is 4.00. The zero-order valence-electron chi connectivity index (χ0n) is 11.3. The zero-order valence-corrected chi connectivity index (χ0v) is 11.3. The van der Waals surface area contributed by atoms with Gasteiger partial charge in [-0.25, -0.2) is 0 Å². The fourth-order valence-corrected chi connectivity index (χ4v) is 1.57. The third-order valence-electron chi connectivity index (χ3n) is 2.60. The quantitative estimate of drug-likeness (QED) is 0.638. The summed E-state index contributed by atoms with van der Waals surface area (Å²) in [5, 5.41) is 10.3. The van der Waals surface area contributed by atoms with E-state index in [1.165, 1.54) is 0 Å². The molecule has 0 aliphatic heterocycles. The van der Waals surface area contributed by atoms with Crippen molar-refractivity contribution in [3.05, 3.63) is 17.5 Å². The van der Waals surface area contributed by atoms with Gasteiger partial charge >= 0.3 is 0 Å². The number of aryl methyl sites for hydroxylation is 2. The highest BCUT2D eigenvalue weighted by atomic mass is 16.5. The van der Waals surface area contributed by atoms with E-state index in [0.29, 0.717) is 18.8 Å². The van der Waals surface area contributed by atoms with Crippen molar-refractivity contribution in [2.75, 3.05) is 33.4 Å². The molecule has 0 aliphatic rings. The summed E-state index contributed by atoms with van der Waals surface area (Å²) in [4.78, 5) is 11.9. The number of nitrogens with one attached hydrogen (secondary N) is 2. The number of rotatable bonds is 8. The van der Waals surface area contributed by atoms with E-state index >= 15 is 0 Å². The van der Waals surface area contributed by atoms with Gasteiger partial charge in [0.15, 0.2) is 0 Å². The predicted octanol–water partition coefficient (Wildman–Crippen LogP) is -0.0517. The lowest BCUT2D eigenvalue weighted by molar-refractivity contribution is 0.0944. The Labute approximate surface area is 108 Å². The van der Waals surface area contributed by atoms with Gasteiger partial charge in [0.1, 0.15) is 5.69 Å². The summed E-state index contributed by atoms with van der Waals surface area (Å²) in [5.41, 5.74) is 1.53. The van der Waals surface area contributed by atoms with Crippen LogP contribution >= 0.6 is 0 Å². The molecule has 0 unspecified atom stereocenters. The molecule has 0 bridgehead atoms. The third kappa shape index (κ3) is 4.46. The maximum atomic E-state index is 11.9. The average molecular weight is 254 g/mol. The molecular weight excluding hydrogens is 232 g/mol. The van der Waals surface area contributed by atoms with E-state index in [0.717, 1.165) is 25.2 Å². The third-order valence-corrected chi connectivity index (χ3v) is 2.60. The Morgan fingerprint density at radius 3 is 2.83 bits per heavy atom. The minimum atomic E-state index is -0.0850. The summed E-state index contributed by atoms with van der Waals surface area (Å²) in [5.74, 6) is -0.0850. The standard InChI is InChI=1S/C12H22N4O2/c1-4-10-9-11(16(2)15-10)12(17)14-6-5-13-7-8-18-3/h9,13H,4-8H2,1-3H3,(H,14,17). The molecule has 6 heteroatoms. The van der Waals surface area contributed by atoms with E-state index in [1.54, 1.807) is 18.8 Å². The molecule has 0 radical (unpaired) electrons. The van der Waals surface area contributed by atoms with E-state index in [2.05, 4.69) is 15.7 Å². The van der Waals surface area contributed by atoms with Gasteiger partial charge in [-0.2, -0.15) is 5.10 Å². The van der Waals surface area contributed by atoms with Crippen molar-refractivity contribution in [3.8, 4) is 0 Å². The number of carbonyl (C=O) groups excluding carboxylic acids is 1. The van der Waals surface area contributed by atoms with Crippen molar-refractivity contribution in [2.45, 2.75) is 13.3 Å². The molecule has 1 rings (SSSR count). The van der Waals surface area contributed by atoms with Crippen LogP contribution < -0.4 is 10.6 Å².